The molecule has 3 atom stereocenters. The maximum absolute atomic E-state index is 13.2. The van der Waals surface area contributed by atoms with E-state index in [1.165, 1.54) is 36.4 Å². The molecule has 2 aliphatic rings. The van der Waals surface area contributed by atoms with Crippen molar-refractivity contribution in [2.45, 2.75) is 24.4 Å². The molecule has 3 unspecified atom stereocenters. The Morgan fingerprint density at radius 2 is 1.68 bits per heavy atom. The minimum Gasteiger partial charge on any atom is -0.378 e. The monoisotopic (exact) mass is 473 g/mol. The fraction of sp³-hybridized carbons (Fsp3) is 0.440. The van der Waals surface area contributed by atoms with Gasteiger partial charge in [-0.15, -0.1) is 0 Å². The van der Waals surface area contributed by atoms with Crippen LogP contribution in [-0.2, 0) is 14.3 Å². The SMILES string of the molecule is O=C(NC(COCCNC1CC1c1ccc(F)cc1)C(=O)N1CCOCC1)c1ccc(F)cc1. The smallest absolute Gasteiger partial charge is 0.251 e. The Hall–Kier alpha value is -2.88. The van der Waals surface area contributed by atoms with Crippen molar-refractivity contribution in [3.63, 3.8) is 0 Å². The molecular weight excluding hydrogens is 444 g/mol. The summed E-state index contributed by atoms with van der Waals surface area (Å²) in [6.07, 6.45) is 0.984. The number of ether oxygens (including phenoxy) is 2. The predicted octanol–water partition coefficient (Wildman–Crippen LogP) is 2.08. The first kappa shape index (κ1) is 24.3. The molecule has 2 aromatic rings. The zero-order chi connectivity index (χ0) is 23.9. The Morgan fingerprint density at radius 3 is 2.35 bits per heavy atom. The van der Waals surface area contributed by atoms with Crippen LogP contribution >= 0.6 is 0 Å². The Kier molecular flexibility index (Phi) is 8.21. The van der Waals surface area contributed by atoms with Crippen molar-refractivity contribution in [1.29, 1.82) is 0 Å². The standard InChI is InChI=1S/C25H29F2N3O4/c26-19-5-1-17(2-6-19)21-15-22(21)28-9-12-34-16-23(25(32)30-10-13-33-14-11-30)29-24(31)18-3-7-20(27)8-4-18/h1-8,21-23,28H,9-16H2,(H,29,31). The average Bonchev–Trinajstić information content (AvgIpc) is 3.63. The summed E-state index contributed by atoms with van der Waals surface area (Å²) in [5.41, 5.74) is 1.38. The summed E-state index contributed by atoms with van der Waals surface area (Å²) in [5.74, 6) is -1.01. The number of halogens is 2. The van der Waals surface area contributed by atoms with Gasteiger partial charge in [-0.1, -0.05) is 12.1 Å². The molecule has 1 saturated heterocycles. The molecule has 2 aromatic carbocycles. The van der Waals surface area contributed by atoms with E-state index in [9.17, 15) is 18.4 Å². The highest BCUT2D eigenvalue weighted by Crippen LogP contribution is 2.40. The van der Waals surface area contributed by atoms with Crippen molar-refractivity contribution in [1.82, 2.24) is 15.5 Å². The van der Waals surface area contributed by atoms with E-state index in [0.29, 0.717) is 51.4 Å². The first-order valence-corrected chi connectivity index (χ1v) is 11.5. The van der Waals surface area contributed by atoms with Gasteiger partial charge in [0.05, 0.1) is 26.4 Å². The third kappa shape index (κ3) is 6.59. The number of nitrogens with one attached hydrogen (secondary N) is 2. The molecule has 2 fully saturated rings. The first-order chi connectivity index (χ1) is 16.5. The lowest BCUT2D eigenvalue weighted by Crippen LogP contribution is -2.53. The normalized spacial score (nSPS) is 20.6. The van der Waals surface area contributed by atoms with Crippen molar-refractivity contribution in [2.75, 3.05) is 46.1 Å². The summed E-state index contributed by atoms with van der Waals surface area (Å²) >= 11 is 0. The second kappa shape index (κ2) is 11.5. The topological polar surface area (TPSA) is 79.9 Å². The van der Waals surface area contributed by atoms with E-state index in [1.807, 2.05) is 12.1 Å². The van der Waals surface area contributed by atoms with E-state index in [1.54, 1.807) is 4.90 Å². The molecule has 1 aliphatic heterocycles. The molecule has 0 aromatic heterocycles. The van der Waals surface area contributed by atoms with Gasteiger partial charge in [-0.25, -0.2) is 8.78 Å². The fourth-order valence-corrected chi connectivity index (χ4v) is 4.04. The van der Waals surface area contributed by atoms with Crippen LogP contribution < -0.4 is 10.6 Å². The lowest BCUT2D eigenvalue weighted by atomic mass is 10.1. The number of hydrogen-bond donors (Lipinski definition) is 2. The van der Waals surface area contributed by atoms with Crippen LogP contribution in [0, 0.1) is 11.6 Å². The van der Waals surface area contributed by atoms with Crippen molar-refractivity contribution in [3.8, 4) is 0 Å². The number of amides is 2. The van der Waals surface area contributed by atoms with Crippen LogP contribution in [0.2, 0.25) is 0 Å². The minimum absolute atomic E-state index is 0.0247. The zero-order valence-electron chi connectivity index (χ0n) is 18.8. The maximum Gasteiger partial charge on any atom is 0.251 e. The highest BCUT2D eigenvalue weighted by molar-refractivity contribution is 5.97. The Morgan fingerprint density at radius 1 is 1.03 bits per heavy atom. The van der Waals surface area contributed by atoms with E-state index in [-0.39, 0.29) is 23.9 Å². The van der Waals surface area contributed by atoms with Gasteiger partial charge < -0.3 is 25.0 Å². The number of carbonyl (C=O) groups is 2. The lowest BCUT2D eigenvalue weighted by molar-refractivity contribution is -0.138. The van der Waals surface area contributed by atoms with E-state index < -0.39 is 17.8 Å². The third-order valence-corrected chi connectivity index (χ3v) is 6.06. The Balaban J connectivity index is 1.25. The van der Waals surface area contributed by atoms with Gasteiger partial charge in [0, 0.05) is 37.2 Å². The van der Waals surface area contributed by atoms with Crippen LogP contribution in [0.4, 0.5) is 8.78 Å². The van der Waals surface area contributed by atoms with E-state index >= 15 is 0 Å². The van der Waals surface area contributed by atoms with Gasteiger partial charge in [0.15, 0.2) is 0 Å². The molecule has 0 spiro atoms. The number of benzene rings is 2. The van der Waals surface area contributed by atoms with Crippen LogP contribution in [0.1, 0.15) is 28.3 Å². The minimum atomic E-state index is -0.858. The molecule has 4 rings (SSSR count). The van der Waals surface area contributed by atoms with Crippen molar-refractivity contribution < 1.29 is 27.8 Å². The second-order valence-electron chi connectivity index (χ2n) is 8.50. The largest absolute Gasteiger partial charge is 0.378 e. The van der Waals surface area contributed by atoms with E-state index in [2.05, 4.69) is 10.6 Å². The summed E-state index contributed by atoms with van der Waals surface area (Å²) in [6, 6.07) is 11.2. The quantitative estimate of drug-likeness (QED) is 0.517. The van der Waals surface area contributed by atoms with Gasteiger partial charge in [-0.3, -0.25) is 9.59 Å². The summed E-state index contributed by atoms with van der Waals surface area (Å²) in [4.78, 5) is 27.3. The van der Waals surface area contributed by atoms with Gasteiger partial charge in [-0.05, 0) is 48.4 Å². The molecular formula is C25H29F2N3O4. The van der Waals surface area contributed by atoms with Crippen molar-refractivity contribution in [2.24, 2.45) is 0 Å². The molecule has 1 heterocycles. The molecule has 1 aliphatic carbocycles. The highest BCUT2D eigenvalue weighted by atomic mass is 19.1. The highest BCUT2D eigenvalue weighted by Gasteiger charge is 2.37. The zero-order valence-corrected chi connectivity index (χ0v) is 18.8. The molecule has 34 heavy (non-hydrogen) atoms. The van der Waals surface area contributed by atoms with Crippen LogP contribution in [0.25, 0.3) is 0 Å². The molecule has 1 saturated carbocycles. The van der Waals surface area contributed by atoms with Crippen LogP contribution in [0.5, 0.6) is 0 Å². The number of hydrogen-bond acceptors (Lipinski definition) is 5. The van der Waals surface area contributed by atoms with E-state index in [4.69, 9.17) is 9.47 Å². The number of carbonyl (C=O) groups excluding carboxylic acids is 2. The van der Waals surface area contributed by atoms with Gasteiger partial charge >= 0.3 is 0 Å². The molecule has 2 N–H and O–H groups in total. The van der Waals surface area contributed by atoms with Crippen LogP contribution in [-0.4, -0.2) is 74.9 Å². The first-order valence-electron chi connectivity index (χ1n) is 11.5. The van der Waals surface area contributed by atoms with E-state index in [0.717, 1.165) is 12.0 Å². The molecule has 9 heteroatoms. The predicted molar refractivity (Wildman–Crippen MR) is 121 cm³/mol. The summed E-state index contributed by atoms with van der Waals surface area (Å²) < 4.78 is 37.3. The number of nitrogens with zero attached hydrogens (tertiary/aromatic N) is 1. The summed E-state index contributed by atoms with van der Waals surface area (Å²) in [7, 11) is 0. The Labute approximate surface area is 197 Å². The van der Waals surface area contributed by atoms with Gasteiger partial charge in [0.2, 0.25) is 5.91 Å². The fourth-order valence-electron chi connectivity index (χ4n) is 4.04. The molecule has 182 valence electrons. The maximum atomic E-state index is 13.2. The lowest BCUT2D eigenvalue weighted by Gasteiger charge is -2.30. The van der Waals surface area contributed by atoms with Crippen molar-refractivity contribution >= 4 is 11.8 Å². The summed E-state index contributed by atoms with van der Waals surface area (Å²) in [6.45, 7) is 2.79. The molecule has 0 radical (unpaired) electrons. The third-order valence-electron chi connectivity index (χ3n) is 6.06. The van der Waals surface area contributed by atoms with Crippen LogP contribution in [0.15, 0.2) is 48.5 Å². The second-order valence-corrected chi connectivity index (χ2v) is 8.50. The van der Waals surface area contributed by atoms with Gasteiger partial charge in [-0.2, -0.15) is 0 Å². The average molecular weight is 474 g/mol. The Bertz CT molecular complexity index is 965. The van der Waals surface area contributed by atoms with Gasteiger partial charge in [0.25, 0.3) is 5.91 Å². The molecule has 0 bridgehead atoms. The summed E-state index contributed by atoms with van der Waals surface area (Å²) in [5, 5.41) is 6.13. The van der Waals surface area contributed by atoms with Gasteiger partial charge in [0.1, 0.15) is 17.7 Å². The van der Waals surface area contributed by atoms with Crippen molar-refractivity contribution in [3.05, 3.63) is 71.3 Å². The molecule has 7 nitrogen and oxygen atoms in total. The molecule has 2 amide bonds. The van der Waals surface area contributed by atoms with Crippen LogP contribution in [0.3, 0.4) is 0 Å². The number of morpholine rings is 1. The number of rotatable bonds is 10.